The highest BCUT2D eigenvalue weighted by Gasteiger charge is 2.26. The summed E-state index contributed by atoms with van der Waals surface area (Å²) in [5.41, 5.74) is 0.917. The normalized spacial score (nSPS) is 15.3. The van der Waals surface area contributed by atoms with Crippen molar-refractivity contribution in [2.24, 2.45) is 7.05 Å². The average Bonchev–Trinajstić information content (AvgIpc) is 2.96. The second-order valence-corrected chi connectivity index (χ2v) is 7.42. The molecule has 0 atom stereocenters. The van der Waals surface area contributed by atoms with Crippen LogP contribution in [0.3, 0.4) is 0 Å². The lowest BCUT2D eigenvalue weighted by molar-refractivity contribution is -0.117. The molecular formula is C19H28ClN5O. The molecule has 1 fully saturated rings. The van der Waals surface area contributed by atoms with Gasteiger partial charge in [0.05, 0.1) is 0 Å². The van der Waals surface area contributed by atoms with Gasteiger partial charge in [-0.3, -0.25) is 10.1 Å². The van der Waals surface area contributed by atoms with E-state index in [4.69, 9.17) is 0 Å². The predicted octanol–water partition coefficient (Wildman–Crippen LogP) is 3.01. The third kappa shape index (κ3) is 4.83. The standard InChI is InChI=1S/C19H27N5O.ClH/c1-19(2,15-7-5-4-6-8-15)13-16(25)21-18-22-17(23-24(18)3)14-9-11-20-12-10-14;/h4-8,14,20H,9-13H2,1-3H3,(H,21,22,23,25);1H. The number of nitrogens with one attached hydrogen (secondary N) is 2. The molecule has 1 aromatic carbocycles. The number of hydrogen-bond acceptors (Lipinski definition) is 4. The average molecular weight is 378 g/mol. The molecule has 1 aromatic heterocycles. The molecule has 0 radical (unpaired) electrons. The maximum absolute atomic E-state index is 12.5. The summed E-state index contributed by atoms with van der Waals surface area (Å²) in [7, 11) is 1.83. The SMILES string of the molecule is Cl.Cn1nc(C2CCNCC2)nc1NC(=O)CC(C)(C)c1ccccc1. The minimum atomic E-state index is -0.234. The minimum absolute atomic E-state index is 0. The summed E-state index contributed by atoms with van der Waals surface area (Å²) in [4.78, 5) is 17.1. The Kier molecular flexibility index (Phi) is 6.78. The maximum Gasteiger partial charge on any atom is 0.227 e. The Morgan fingerprint density at radius 2 is 1.92 bits per heavy atom. The Balaban J connectivity index is 0.00000243. The number of hydrogen-bond donors (Lipinski definition) is 2. The molecule has 1 saturated heterocycles. The molecule has 7 heteroatoms. The lowest BCUT2D eigenvalue weighted by Gasteiger charge is -2.24. The van der Waals surface area contributed by atoms with Crippen LogP contribution >= 0.6 is 12.4 Å². The van der Waals surface area contributed by atoms with E-state index < -0.39 is 0 Å². The molecule has 26 heavy (non-hydrogen) atoms. The van der Waals surface area contributed by atoms with E-state index in [0.29, 0.717) is 18.3 Å². The van der Waals surface area contributed by atoms with Crippen molar-refractivity contribution in [2.45, 2.75) is 44.4 Å². The first-order valence-electron chi connectivity index (χ1n) is 8.93. The summed E-state index contributed by atoms with van der Waals surface area (Å²) in [6.07, 6.45) is 2.48. The first-order valence-corrected chi connectivity index (χ1v) is 8.93. The maximum atomic E-state index is 12.5. The van der Waals surface area contributed by atoms with E-state index >= 15 is 0 Å². The van der Waals surface area contributed by atoms with E-state index in [1.807, 2.05) is 25.2 Å². The van der Waals surface area contributed by atoms with Crippen LogP contribution in [0.25, 0.3) is 0 Å². The van der Waals surface area contributed by atoms with Crippen LogP contribution in [0, 0.1) is 0 Å². The van der Waals surface area contributed by atoms with Crippen molar-refractivity contribution in [1.82, 2.24) is 20.1 Å². The predicted molar refractivity (Wildman–Crippen MR) is 106 cm³/mol. The van der Waals surface area contributed by atoms with Crippen LogP contribution in [0.2, 0.25) is 0 Å². The summed E-state index contributed by atoms with van der Waals surface area (Å²) in [6.45, 7) is 6.16. The van der Waals surface area contributed by atoms with Gasteiger partial charge < -0.3 is 5.32 Å². The number of nitrogens with zero attached hydrogens (tertiary/aromatic N) is 3. The molecule has 142 valence electrons. The third-order valence-corrected chi connectivity index (χ3v) is 4.89. The number of anilines is 1. The number of carbonyl (C=O) groups is 1. The van der Waals surface area contributed by atoms with E-state index in [9.17, 15) is 4.79 Å². The summed E-state index contributed by atoms with van der Waals surface area (Å²) in [6, 6.07) is 10.1. The van der Waals surface area contributed by atoms with Crippen molar-refractivity contribution >= 4 is 24.3 Å². The number of aryl methyl sites for hydroxylation is 1. The molecule has 0 saturated carbocycles. The molecule has 1 aliphatic heterocycles. The molecule has 0 unspecified atom stereocenters. The fourth-order valence-electron chi connectivity index (χ4n) is 3.33. The lowest BCUT2D eigenvalue weighted by Crippen LogP contribution is -2.27. The van der Waals surface area contributed by atoms with Crippen molar-refractivity contribution in [3.8, 4) is 0 Å². The molecule has 1 aliphatic rings. The first-order chi connectivity index (χ1) is 12.0. The van der Waals surface area contributed by atoms with E-state index in [1.165, 1.54) is 0 Å². The van der Waals surface area contributed by atoms with Gasteiger partial charge in [0, 0.05) is 19.4 Å². The Morgan fingerprint density at radius 1 is 1.27 bits per heavy atom. The zero-order valence-electron chi connectivity index (χ0n) is 15.7. The fourth-order valence-corrected chi connectivity index (χ4v) is 3.33. The molecule has 0 bridgehead atoms. The summed E-state index contributed by atoms with van der Waals surface area (Å²) in [5, 5.41) is 10.8. The number of benzene rings is 1. The fraction of sp³-hybridized carbons (Fsp3) is 0.526. The Morgan fingerprint density at radius 3 is 2.58 bits per heavy atom. The number of aromatic nitrogens is 3. The molecule has 0 spiro atoms. The van der Waals surface area contributed by atoms with Crippen molar-refractivity contribution in [2.75, 3.05) is 18.4 Å². The van der Waals surface area contributed by atoms with E-state index in [2.05, 4.69) is 46.7 Å². The largest absolute Gasteiger partial charge is 0.317 e. The van der Waals surface area contributed by atoms with Crippen LogP contribution < -0.4 is 10.6 Å². The molecular weight excluding hydrogens is 350 g/mol. The van der Waals surface area contributed by atoms with Crippen molar-refractivity contribution in [3.63, 3.8) is 0 Å². The molecule has 1 amide bonds. The Hall–Kier alpha value is -1.92. The number of halogens is 1. The van der Waals surface area contributed by atoms with Crippen LogP contribution in [-0.4, -0.2) is 33.8 Å². The van der Waals surface area contributed by atoms with Gasteiger partial charge in [-0.05, 0) is 36.9 Å². The van der Waals surface area contributed by atoms with Gasteiger partial charge in [-0.1, -0.05) is 44.2 Å². The number of rotatable bonds is 5. The number of piperidine rings is 1. The van der Waals surface area contributed by atoms with Crippen molar-refractivity contribution < 1.29 is 4.79 Å². The molecule has 2 aromatic rings. The molecule has 0 aliphatic carbocycles. The summed E-state index contributed by atoms with van der Waals surface area (Å²) < 4.78 is 1.67. The van der Waals surface area contributed by atoms with Gasteiger partial charge in [0.1, 0.15) is 0 Å². The zero-order chi connectivity index (χ0) is 17.9. The van der Waals surface area contributed by atoms with Crippen LogP contribution in [0.5, 0.6) is 0 Å². The zero-order valence-corrected chi connectivity index (χ0v) is 16.5. The number of carbonyl (C=O) groups excluding carboxylic acids is 1. The van der Waals surface area contributed by atoms with Crippen LogP contribution in [0.4, 0.5) is 5.95 Å². The van der Waals surface area contributed by atoms with Gasteiger partial charge in [0.25, 0.3) is 0 Å². The second-order valence-electron chi connectivity index (χ2n) is 7.42. The van der Waals surface area contributed by atoms with Gasteiger partial charge in [-0.2, -0.15) is 10.1 Å². The monoisotopic (exact) mass is 377 g/mol. The molecule has 2 heterocycles. The first kappa shape index (κ1) is 20.4. The van der Waals surface area contributed by atoms with Crippen LogP contribution in [-0.2, 0) is 17.3 Å². The lowest BCUT2D eigenvalue weighted by atomic mass is 9.81. The molecule has 6 nitrogen and oxygen atoms in total. The molecule has 2 N–H and O–H groups in total. The highest BCUT2D eigenvalue weighted by atomic mass is 35.5. The smallest absolute Gasteiger partial charge is 0.227 e. The van der Waals surface area contributed by atoms with Crippen molar-refractivity contribution in [3.05, 3.63) is 41.7 Å². The highest BCUT2D eigenvalue weighted by Crippen LogP contribution is 2.27. The Bertz CT molecular complexity index is 723. The van der Waals surface area contributed by atoms with Gasteiger partial charge in [0.2, 0.25) is 11.9 Å². The summed E-state index contributed by atoms with van der Waals surface area (Å²) >= 11 is 0. The van der Waals surface area contributed by atoms with E-state index in [-0.39, 0.29) is 23.7 Å². The van der Waals surface area contributed by atoms with Gasteiger partial charge in [-0.25, -0.2) is 4.68 Å². The minimum Gasteiger partial charge on any atom is -0.317 e. The van der Waals surface area contributed by atoms with E-state index in [1.54, 1.807) is 4.68 Å². The van der Waals surface area contributed by atoms with Gasteiger partial charge in [0.15, 0.2) is 5.82 Å². The van der Waals surface area contributed by atoms with Gasteiger partial charge in [-0.15, -0.1) is 12.4 Å². The van der Waals surface area contributed by atoms with Crippen LogP contribution in [0.15, 0.2) is 30.3 Å². The highest BCUT2D eigenvalue weighted by molar-refractivity contribution is 5.90. The van der Waals surface area contributed by atoms with Gasteiger partial charge >= 0.3 is 0 Å². The third-order valence-electron chi connectivity index (χ3n) is 4.89. The van der Waals surface area contributed by atoms with E-state index in [0.717, 1.165) is 37.3 Å². The summed E-state index contributed by atoms with van der Waals surface area (Å²) in [5.74, 6) is 1.70. The second kappa shape index (κ2) is 8.64. The Labute approximate surface area is 161 Å². The van der Waals surface area contributed by atoms with Crippen LogP contribution in [0.1, 0.15) is 50.4 Å². The molecule has 3 rings (SSSR count). The number of amides is 1. The van der Waals surface area contributed by atoms with Crippen molar-refractivity contribution in [1.29, 1.82) is 0 Å². The quantitative estimate of drug-likeness (QED) is 0.840. The topological polar surface area (TPSA) is 71.8 Å².